The molecule has 0 bridgehead atoms. The molecule has 3 saturated heterocycles. The van der Waals surface area contributed by atoms with E-state index in [2.05, 4.69) is 10.6 Å². The van der Waals surface area contributed by atoms with Gasteiger partial charge in [-0.25, -0.2) is 9.59 Å². The lowest BCUT2D eigenvalue weighted by atomic mass is 9.81. The van der Waals surface area contributed by atoms with Gasteiger partial charge in [0.2, 0.25) is 11.8 Å². The van der Waals surface area contributed by atoms with E-state index < -0.39 is 147 Å². The monoisotopic (exact) mass is 752 g/mol. The summed E-state index contributed by atoms with van der Waals surface area (Å²) in [5.74, 6) is -5.01. The third-order valence-electron chi connectivity index (χ3n) is 9.34. The Bertz CT molecular complexity index is 1240. The Morgan fingerprint density at radius 2 is 1.35 bits per heavy atom. The van der Waals surface area contributed by atoms with Gasteiger partial charge >= 0.3 is 11.9 Å². The zero-order valence-corrected chi connectivity index (χ0v) is 28.7. The van der Waals surface area contributed by atoms with Gasteiger partial charge in [-0.2, -0.15) is 0 Å². The number of aliphatic hydroxyl groups is 6. The number of aliphatic hydroxyl groups excluding tert-OH is 6. The van der Waals surface area contributed by atoms with Crippen LogP contribution < -0.4 is 10.6 Å². The van der Waals surface area contributed by atoms with Crippen molar-refractivity contribution in [2.75, 3.05) is 20.3 Å². The van der Waals surface area contributed by atoms with Gasteiger partial charge in [0.25, 0.3) is 0 Å². The lowest BCUT2D eigenvalue weighted by Gasteiger charge is -2.49. The summed E-state index contributed by atoms with van der Waals surface area (Å²) in [5, 5.41) is 88.8. The Hall–Kier alpha value is -2.64. The fourth-order valence-electron chi connectivity index (χ4n) is 6.83. The predicted molar refractivity (Wildman–Crippen MR) is 166 cm³/mol. The molecule has 1 saturated carbocycles. The maximum atomic E-state index is 12.5. The highest BCUT2D eigenvalue weighted by molar-refractivity contribution is 5.75. The van der Waals surface area contributed by atoms with Crippen LogP contribution in [0.4, 0.5) is 0 Å². The summed E-state index contributed by atoms with van der Waals surface area (Å²) in [7, 11) is 1.22. The highest BCUT2D eigenvalue weighted by Crippen LogP contribution is 2.36. The molecule has 21 nitrogen and oxygen atoms in total. The number of nitrogens with one attached hydrogen (secondary N) is 2. The van der Waals surface area contributed by atoms with Gasteiger partial charge < -0.3 is 84.6 Å². The minimum absolute atomic E-state index is 0.0936. The van der Waals surface area contributed by atoms with E-state index in [1.807, 2.05) is 0 Å². The van der Waals surface area contributed by atoms with E-state index in [0.29, 0.717) is 0 Å². The van der Waals surface area contributed by atoms with Gasteiger partial charge in [0.15, 0.2) is 24.8 Å². The van der Waals surface area contributed by atoms with E-state index in [0.717, 1.165) is 13.3 Å². The highest BCUT2D eigenvalue weighted by atomic mass is 16.7. The second-order valence-corrected chi connectivity index (χ2v) is 13.1. The quantitative estimate of drug-likeness (QED) is 0.0840. The minimum Gasteiger partial charge on any atom is -0.479 e. The lowest BCUT2D eigenvalue weighted by molar-refractivity contribution is -0.334. The van der Waals surface area contributed by atoms with Crippen molar-refractivity contribution in [2.24, 2.45) is 5.92 Å². The number of carbonyl (C=O) groups is 4. The Kier molecular flexibility index (Phi) is 14.7. The average molecular weight is 753 g/mol. The number of hydrogen-bond donors (Lipinski definition) is 10. The van der Waals surface area contributed by atoms with Crippen LogP contribution in [0.15, 0.2) is 0 Å². The number of methoxy groups -OCH3 is 1. The number of rotatable bonds is 13. The average Bonchev–Trinajstić information content (AvgIpc) is 3.08. The second-order valence-electron chi connectivity index (χ2n) is 13.1. The number of amides is 2. The van der Waals surface area contributed by atoms with Crippen molar-refractivity contribution in [3.63, 3.8) is 0 Å². The van der Waals surface area contributed by atoms with Crippen LogP contribution in [0, 0.1) is 18.8 Å². The molecule has 1 aliphatic carbocycles. The molecule has 18 unspecified atom stereocenters. The molecule has 0 aromatic carbocycles. The molecule has 0 aromatic heterocycles. The highest BCUT2D eigenvalue weighted by Gasteiger charge is 2.55. The van der Waals surface area contributed by atoms with E-state index in [4.69, 9.17) is 33.2 Å². The van der Waals surface area contributed by atoms with Crippen molar-refractivity contribution in [3.05, 3.63) is 12.8 Å². The Labute approximate surface area is 298 Å². The van der Waals surface area contributed by atoms with Gasteiger partial charge in [-0.3, -0.25) is 9.59 Å². The van der Waals surface area contributed by atoms with Crippen molar-refractivity contribution >= 4 is 23.8 Å². The third-order valence-corrected chi connectivity index (χ3v) is 9.34. The molecule has 296 valence electrons. The molecular weight excluding hydrogens is 704 g/mol. The topological polar surface area (TPSA) is 319 Å². The van der Waals surface area contributed by atoms with Crippen LogP contribution in [-0.4, -0.2) is 189 Å². The first kappa shape index (κ1) is 42.1. The summed E-state index contributed by atoms with van der Waals surface area (Å²) < 4.78 is 39.5. The van der Waals surface area contributed by atoms with Crippen molar-refractivity contribution in [2.45, 2.75) is 131 Å². The molecule has 0 spiro atoms. The molecule has 4 rings (SSSR count). The molecule has 4 aliphatic rings. The van der Waals surface area contributed by atoms with Gasteiger partial charge in [-0.15, -0.1) is 0 Å². The van der Waals surface area contributed by atoms with Crippen LogP contribution in [0.3, 0.4) is 0 Å². The van der Waals surface area contributed by atoms with Crippen LogP contribution in [0.5, 0.6) is 0 Å². The Morgan fingerprint density at radius 3 is 1.90 bits per heavy atom. The molecular formula is C31H48N2O19. The van der Waals surface area contributed by atoms with Crippen LogP contribution in [-0.2, 0) is 52.3 Å². The molecule has 52 heavy (non-hydrogen) atoms. The summed E-state index contributed by atoms with van der Waals surface area (Å²) in [6.45, 7) is 2.70. The Morgan fingerprint density at radius 1 is 0.731 bits per heavy atom. The summed E-state index contributed by atoms with van der Waals surface area (Å²) in [6, 6.07) is -2.29. The van der Waals surface area contributed by atoms with Gasteiger partial charge in [0, 0.05) is 34.0 Å². The van der Waals surface area contributed by atoms with Gasteiger partial charge in [0.1, 0.15) is 48.8 Å². The first-order valence-electron chi connectivity index (χ1n) is 16.6. The predicted octanol–water partition coefficient (Wildman–Crippen LogP) is -5.20. The second kappa shape index (κ2) is 18.1. The third kappa shape index (κ3) is 9.53. The normalized spacial score (nSPS) is 44.0. The first-order chi connectivity index (χ1) is 24.5. The van der Waals surface area contributed by atoms with Crippen LogP contribution in [0.1, 0.15) is 27.2 Å². The minimum atomic E-state index is -2.06. The van der Waals surface area contributed by atoms with Crippen molar-refractivity contribution in [3.8, 4) is 0 Å². The number of hydrogen-bond acceptors (Lipinski definition) is 17. The molecule has 18 atom stereocenters. The molecule has 0 aromatic rings. The van der Waals surface area contributed by atoms with Crippen molar-refractivity contribution in [1.29, 1.82) is 0 Å². The maximum Gasteiger partial charge on any atom is 0.335 e. The first-order valence-corrected chi connectivity index (χ1v) is 16.6. The molecule has 4 fully saturated rings. The Balaban J connectivity index is 1.58. The van der Waals surface area contributed by atoms with E-state index in [1.165, 1.54) is 27.4 Å². The van der Waals surface area contributed by atoms with E-state index >= 15 is 0 Å². The van der Waals surface area contributed by atoms with Gasteiger partial charge in [-0.05, 0) is 25.7 Å². The molecule has 21 heteroatoms. The number of aliphatic carboxylic acids is 2. The van der Waals surface area contributed by atoms with Crippen molar-refractivity contribution in [1.82, 2.24) is 10.6 Å². The smallest absolute Gasteiger partial charge is 0.335 e. The molecule has 3 aliphatic heterocycles. The standard InChI is InChI=1S/C31H48N2O19/c1-10-19(32-11(2)36)25(21(39)18(9-35)47-10)51-31-23(41)22(40)26(27(52-31)29(44)45)48-15-5-13(8-34)6-16(20(15)33-12(3)37)49-30-14(38)7-17(46-4)24(50-30)28(42)43/h6-7,10,13-27,30-31,34-35,38-41H,5,8-9H2,1-4H3,(H,32,36)(H,33,37)(H,42,43)(H,44,45). The van der Waals surface area contributed by atoms with E-state index in [1.54, 1.807) is 0 Å². The summed E-state index contributed by atoms with van der Waals surface area (Å²) >= 11 is 0. The lowest BCUT2D eigenvalue weighted by Crippen LogP contribution is -2.68. The van der Waals surface area contributed by atoms with Gasteiger partial charge in [-0.1, -0.05) is 0 Å². The van der Waals surface area contributed by atoms with Crippen LogP contribution in [0.25, 0.3) is 0 Å². The van der Waals surface area contributed by atoms with E-state index in [-0.39, 0.29) is 6.42 Å². The molecule has 10 N–H and O–H groups in total. The number of carboxylic acid groups (broad SMARTS) is 2. The van der Waals surface area contributed by atoms with Crippen LogP contribution in [0.2, 0.25) is 0 Å². The zero-order valence-electron chi connectivity index (χ0n) is 28.7. The number of carboxylic acids is 2. The summed E-state index contributed by atoms with van der Waals surface area (Å²) in [6.07, 6.45) is -20.9. The number of ether oxygens (including phenoxy) is 7. The summed E-state index contributed by atoms with van der Waals surface area (Å²) in [5.41, 5.74) is 0. The van der Waals surface area contributed by atoms with Crippen molar-refractivity contribution < 1.29 is 93.2 Å². The molecule has 2 amide bonds. The summed E-state index contributed by atoms with van der Waals surface area (Å²) in [4.78, 5) is 48.6. The zero-order chi connectivity index (χ0) is 38.6. The largest absolute Gasteiger partial charge is 0.479 e. The van der Waals surface area contributed by atoms with Crippen LogP contribution >= 0.6 is 0 Å². The van der Waals surface area contributed by atoms with E-state index in [9.17, 15) is 60.0 Å². The fourth-order valence-corrected chi connectivity index (χ4v) is 6.83. The fraction of sp³-hybridized carbons (Fsp3) is 0.806. The SMILES string of the molecule is COC1[CH]C(O)C(OC2[CH]C(CO)CC(OC3C(C(=O)O)OC(OC4C(O)C(CO)OC(C)C4NC(C)=O)C(O)C3O)C2NC(C)=O)OC1C(=O)O. The van der Waals surface area contributed by atoms with Gasteiger partial charge in [0.05, 0.1) is 37.0 Å². The molecule has 3 heterocycles. The maximum absolute atomic E-state index is 12.5. The molecule has 2 radical (unpaired) electrons. The number of carbonyl (C=O) groups excluding carboxylic acids is 2.